The molecular formula is C38H41N9O2. The molecule has 0 aliphatic carbocycles. The van der Waals surface area contributed by atoms with Crippen LogP contribution in [0, 0.1) is 13.8 Å². The lowest BCUT2D eigenvalue weighted by Gasteiger charge is -2.18. The summed E-state index contributed by atoms with van der Waals surface area (Å²) in [5.74, 6) is 1.34. The van der Waals surface area contributed by atoms with Crippen molar-refractivity contribution in [1.29, 1.82) is 0 Å². The number of nitrogens with one attached hydrogen (secondary N) is 3. The SMILES string of the molecule is Cc1c(Nc2nccc3cc(CN4CC[C@@H](O)C4)cnc23)cccc1-c1cccc(Nc2ncnc3cc(CNC[C@H](C)O)cnc23)c1C. The van der Waals surface area contributed by atoms with E-state index < -0.39 is 6.10 Å². The Balaban J connectivity index is 1.12. The summed E-state index contributed by atoms with van der Waals surface area (Å²) in [6, 6.07) is 18.6. The van der Waals surface area contributed by atoms with Gasteiger partial charge in [-0.1, -0.05) is 24.3 Å². The normalized spacial score (nSPS) is 15.6. The second-order valence-electron chi connectivity index (χ2n) is 12.9. The van der Waals surface area contributed by atoms with Crippen LogP contribution in [0.25, 0.3) is 33.1 Å². The Morgan fingerprint density at radius 2 is 1.53 bits per heavy atom. The zero-order valence-electron chi connectivity index (χ0n) is 28.0. The van der Waals surface area contributed by atoms with Crippen molar-refractivity contribution in [3.05, 3.63) is 102 Å². The van der Waals surface area contributed by atoms with Crippen molar-refractivity contribution < 1.29 is 10.2 Å². The van der Waals surface area contributed by atoms with Gasteiger partial charge in [-0.25, -0.2) is 15.0 Å². The molecule has 4 aromatic heterocycles. The molecule has 2 atom stereocenters. The Bertz CT molecular complexity index is 2120. The summed E-state index contributed by atoms with van der Waals surface area (Å²) in [6.07, 6.45) is 7.26. The van der Waals surface area contributed by atoms with Crippen molar-refractivity contribution in [3.63, 3.8) is 0 Å². The van der Waals surface area contributed by atoms with E-state index in [1.165, 1.54) is 0 Å². The van der Waals surface area contributed by atoms with E-state index in [4.69, 9.17) is 4.98 Å². The molecule has 7 rings (SSSR count). The molecule has 0 spiro atoms. The summed E-state index contributed by atoms with van der Waals surface area (Å²) in [4.78, 5) is 25.4. The quantitative estimate of drug-likeness (QED) is 0.116. The molecule has 0 bridgehead atoms. The molecule has 1 saturated heterocycles. The van der Waals surface area contributed by atoms with Gasteiger partial charge in [0.25, 0.3) is 0 Å². The molecule has 250 valence electrons. The van der Waals surface area contributed by atoms with Gasteiger partial charge in [0, 0.05) is 68.1 Å². The lowest BCUT2D eigenvalue weighted by atomic mass is 9.94. The largest absolute Gasteiger partial charge is 0.392 e. The first kappa shape index (κ1) is 32.5. The number of rotatable bonds is 11. The highest BCUT2D eigenvalue weighted by Crippen LogP contribution is 2.36. The van der Waals surface area contributed by atoms with Crippen LogP contribution in [0.4, 0.5) is 23.0 Å². The Morgan fingerprint density at radius 1 is 0.837 bits per heavy atom. The highest BCUT2D eigenvalue weighted by atomic mass is 16.3. The smallest absolute Gasteiger partial charge is 0.160 e. The molecule has 11 heteroatoms. The minimum atomic E-state index is -0.414. The van der Waals surface area contributed by atoms with Gasteiger partial charge in [0.05, 0.1) is 17.7 Å². The van der Waals surface area contributed by atoms with E-state index in [9.17, 15) is 10.2 Å². The fraction of sp³-hybridized carbons (Fsp3) is 0.289. The number of hydrogen-bond acceptors (Lipinski definition) is 11. The summed E-state index contributed by atoms with van der Waals surface area (Å²) < 4.78 is 0. The van der Waals surface area contributed by atoms with E-state index in [2.05, 4.69) is 85.0 Å². The molecule has 49 heavy (non-hydrogen) atoms. The highest BCUT2D eigenvalue weighted by molar-refractivity contribution is 5.92. The van der Waals surface area contributed by atoms with Crippen LogP contribution in [0.1, 0.15) is 35.6 Å². The topological polar surface area (TPSA) is 144 Å². The predicted octanol–water partition coefficient (Wildman–Crippen LogP) is 5.78. The molecule has 1 aliphatic heterocycles. The van der Waals surface area contributed by atoms with Crippen molar-refractivity contribution in [2.24, 2.45) is 0 Å². The zero-order valence-corrected chi connectivity index (χ0v) is 28.0. The number of benzene rings is 2. The fourth-order valence-electron chi connectivity index (χ4n) is 6.48. The maximum Gasteiger partial charge on any atom is 0.160 e. The molecule has 6 aromatic rings. The summed E-state index contributed by atoms with van der Waals surface area (Å²) in [6.45, 7) is 9.45. The van der Waals surface area contributed by atoms with Crippen molar-refractivity contribution in [2.75, 3.05) is 30.3 Å². The first-order valence-corrected chi connectivity index (χ1v) is 16.7. The van der Waals surface area contributed by atoms with Crippen LogP contribution in [0.3, 0.4) is 0 Å². The molecule has 2 aromatic carbocycles. The van der Waals surface area contributed by atoms with Gasteiger partial charge >= 0.3 is 0 Å². The third kappa shape index (κ3) is 7.20. The van der Waals surface area contributed by atoms with Gasteiger partial charge in [-0.05, 0) is 90.9 Å². The van der Waals surface area contributed by atoms with E-state index >= 15 is 0 Å². The van der Waals surface area contributed by atoms with E-state index in [1.54, 1.807) is 13.3 Å². The van der Waals surface area contributed by atoms with Gasteiger partial charge in [0.2, 0.25) is 0 Å². The van der Waals surface area contributed by atoms with Crippen molar-refractivity contribution in [1.82, 2.24) is 35.1 Å². The number of aliphatic hydroxyl groups is 2. The molecule has 1 aliphatic rings. The van der Waals surface area contributed by atoms with Gasteiger partial charge < -0.3 is 26.2 Å². The average Bonchev–Trinajstić information content (AvgIpc) is 3.50. The van der Waals surface area contributed by atoms with Crippen LogP contribution in [-0.4, -0.2) is 71.9 Å². The standard InChI is InChI=1S/C38H41N9O2/c1-23(48)16-39-17-26-15-34-36(42-18-26)38(44-22-43-34)46-33-9-5-7-31(25(33)3)30-6-4-8-32(24(30)2)45-37-35-28(10-12-40-37)14-27(19-41-35)20-47-13-11-29(49)21-47/h4-10,12,14-15,18-19,22-23,29,39,48-49H,11,13,16-17,20-21H2,1-3H3,(H,40,45)(H,43,44,46)/t23-,29+/m0/s1. The van der Waals surface area contributed by atoms with E-state index in [0.717, 1.165) is 80.7 Å². The van der Waals surface area contributed by atoms with Gasteiger partial charge in [-0.3, -0.25) is 14.9 Å². The molecule has 0 amide bonds. The van der Waals surface area contributed by atoms with Crippen LogP contribution in [0.2, 0.25) is 0 Å². The summed E-state index contributed by atoms with van der Waals surface area (Å²) >= 11 is 0. The van der Waals surface area contributed by atoms with E-state index in [1.807, 2.05) is 42.9 Å². The number of anilines is 4. The Labute approximate surface area is 285 Å². The summed E-state index contributed by atoms with van der Waals surface area (Å²) in [5.41, 5.74) is 10.6. The van der Waals surface area contributed by atoms with Crippen LogP contribution in [-0.2, 0) is 13.1 Å². The molecule has 1 fully saturated rings. The van der Waals surface area contributed by atoms with Gasteiger partial charge in [-0.15, -0.1) is 0 Å². The first-order chi connectivity index (χ1) is 23.8. The monoisotopic (exact) mass is 655 g/mol. The minimum Gasteiger partial charge on any atom is -0.392 e. The molecule has 0 unspecified atom stereocenters. The molecule has 0 saturated carbocycles. The van der Waals surface area contributed by atoms with Gasteiger partial charge in [-0.2, -0.15) is 0 Å². The summed E-state index contributed by atoms with van der Waals surface area (Å²) in [5, 5.41) is 30.8. The van der Waals surface area contributed by atoms with E-state index in [-0.39, 0.29) is 6.10 Å². The summed E-state index contributed by atoms with van der Waals surface area (Å²) in [7, 11) is 0. The lowest BCUT2D eigenvalue weighted by molar-refractivity contribution is 0.175. The number of likely N-dealkylation sites (tertiary alicyclic amines) is 1. The number of aromatic nitrogens is 5. The van der Waals surface area contributed by atoms with Crippen molar-refractivity contribution in [3.8, 4) is 11.1 Å². The molecule has 5 N–H and O–H groups in total. The number of nitrogens with zero attached hydrogens (tertiary/aromatic N) is 6. The fourth-order valence-corrected chi connectivity index (χ4v) is 6.48. The molecule has 11 nitrogen and oxygen atoms in total. The van der Waals surface area contributed by atoms with Gasteiger partial charge in [0.15, 0.2) is 11.6 Å². The lowest BCUT2D eigenvalue weighted by Crippen LogP contribution is -2.23. The van der Waals surface area contributed by atoms with Crippen molar-refractivity contribution >= 4 is 44.9 Å². The maximum absolute atomic E-state index is 9.91. The zero-order chi connectivity index (χ0) is 33.9. The highest BCUT2D eigenvalue weighted by Gasteiger charge is 2.20. The molecule has 5 heterocycles. The third-order valence-electron chi connectivity index (χ3n) is 9.07. The van der Waals surface area contributed by atoms with Crippen LogP contribution in [0.15, 0.2) is 79.5 Å². The number of hydrogen-bond donors (Lipinski definition) is 5. The second-order valence-corrected chi connectivity index (χ2v) is 12.9. The van der Waals surface area contributed by atoms with E-state index in [0.29, 0.717) is 36.8 Å². The Hall–Kier alpha value is -5.07. The van der Waals surface area contributed by atoms with Crippen LogP contribution in [0.5, 0.6) is 0 Å². The maximum atomic E-state index is 9.91. The van der Waals surface area contributed by atoms with Crippen molar-refractivity contribution in [2.45, 2.75) is 52.5 Å². The first-order valence-electron chi connectivity index (χ1n) is 16.7. The third-order valence-corrected chi connectivity index (χ3v) is 9.07. The number of pyridine rings is 3. The second kappa shape index (κ2) is 14.2. The predicted molar refractivity (Wildman–Crippen MR) is 194 cm³/mol. The Morgan fingerprint density at radius 3 is 2.22 bits per heavy atom. The number of fused-ring (bicyclic) bond motifs is 2. The van der Waals surface area contributed by atoms with Crippen LogP contribution >= 0.6 is 0 Å². The molecular weight excluding hydrogens is 614 g/mol. The number of aliphatic hydroxyl groups excluding tert-OH is 2. The minimum absolute atomic E-state index is 0.240. The Kier molecular flexibility index (Phi) is 9.41. The average molecular weight is 656 g/mol. The number of β-amino-alcohol motifs (C(OH)–C–C–N with tert-alkyl or cyclic N) is 1. The van der Waals surface area contributed by atoms with Gasteiger partial charge in [0.1, 0.15) is 17.4 Å². The van der Waals surface area contributed by atoms with Crippen LogP contribution < -0.4 is 16.0 Å². The molecule has 0 radical (unpaired) electrons.